The van der Waals surface area contributed by atoms with Crippen LogP contribution in [0.15, 0.2) is 66.7 Å². The number of carbonyl (C=O) groups is 2. The van der Waals surface area contributed by atoms with Crippen molar-refractivity contribution < 1.29 is 9.59 Å². The Hall–Kier alpha value is -2.53. The van der Waals surface area contributed by atoms with Crippen LogP contribution < -0.4 is 10.6 Å². The van der Waals surface area contributed by atoms with Crippen molar-refractivity contribution in [1.82, 2.24) is 0 Å². The van der Waals surface area contributed by atoms with Gasteiger partial charge in [0.15, 0.2) is 0 Å². The Morgan fingerprint density at radius 3 is 1.67 bits per heavy atom. The lowest BCUT2D eigenvalue weighted by atomic mass is 10.2. The van der Waals surface area contributed by atoms with Crippen LogP contribution in [0, 0.1) is 0 Å². The second kappa shape index (κ2) is 8.44. The van der Waals surface area contributed by atoms with Gasteiger partial charge >= 0.3 is 0 Å². The van der Waals surface area contributed by atoms with Crippen molar-refractivity contribution in [2.75, 3.05) is 10.6 Å². The molecule has 0 aromatic heterocycles. The van der Waals surface area contributed by atoms with E-state index in [0.717, 1.165) is 0 Å². The lowest BCUT2D eigenvalue weighted by Crippen LogP contribution is -2.13. The van der Waals surface area contributed by atoms with Crippen LogP contribution in [0.25, 0.3) is 0 Å². The summed E-state index contributed by atoms with van der Waals surface area (Å²) < 4.78 is 0. The van der Waals surface area contributed by atoms with E-state index in [1.807, 2.05) is 0 Å². The van der Waals surface area contributed by atoms with Crippen molar-refractivity contribution >= 4 is 58.0 Å². The second-order valence-electron chi connectivity index (χ2n) is 5.59. The number of nitrogens with one attached hydrogen (secondary N) is 2. The van der Waals surface area contributed by atoms with Gasteiger partial charge in [-0.15, -0.1) is 0 Å². The number of hydrogen-bond donors (Lipinski definition) is 2. The van der Waals surface area contributed by atoms with Crippen LogP contribution in [0.2, 0.25) is 15.1 Å². The van der Waals surface area contributed by atoms with Gasteiger partial charge in [-0.2, -0.15) is 0 Å². The molecule has 0 aliphatic heterocycles. The number of halogens is 3. The number of rotatable bonds is 4. The van der Waals surface area contributed by atoms with Gasteiger partial charge in [0.1, 0.15) is 0 Å². The minimum Gasteiger partial charge on any atom is -0.322 e. The minimum atomic E-state index is -0.357. The molecular formula is C20H13Cl3N2O2. The maximum Gasteiger partial charge on any atom is 0.257 e. The van der Waals surface area contributed by atoms with E-state index in [-0.39, 0.29) is 16.8 Å². The fourth-order valence-electron chi connectivity index (χ4n) is 2.35. The van der Waals surface area contributed by atoms with Crippen molar-refractivity contribution in [2.24, 2.45) is 0 Å². The zero-order chi connectivity index (χ0) is 19.4. The van der Waals surface area contributed by atoms with Gasteiger partial charge in [0, 0.05) is 16.4 Å². The van der Waals surface area contributed by atoms with E-state index in [2.05, 4.69) is 10.6 Å². The van der Waals surface area contributed by atoms with Crippen molar-refractivity contribution in [3.63, 3.8) is 0 Å². The zero-order valence-corrected chi connectivity index (χ0v) is 16.1. The molecule has 0 spiro atoms. The summed E-state index contributed by atoms with van der Waals surface area (Å²) in [7, 11) is 0. The van der Waals surface area contributed by atoms with Gasteiger partial charge in [-0.3, -0.25) is 9.59 Å². The molecule has 3 rings (SSSR count). The molecule has 0 fully saturated rings. The molecule has 0 unspecified atom stereocenters. The van der Waals surface area contributed by atoms with E-state index in [9.17, 15) is 9.59 Å². The fourth-order valence-corrected chi connectivity index (χ4v) is 3.07. The number of hydrogen-bond acceptors (Lipinski definition) is 2. The van der Waals surface area contributed by atoms with Crippen molar-refractivity contribution in [2.45, 2.75) is 0 Å². The van der Waals surface area contributed by atoms with Crippen molar-refractivity contribution in [3.05, 3.63) is 92.9 Å². The first-order valence-electron chi connectivity index (χ1n) is 7.86. The standard InChI is InChI=1S/C20H13Cl3N2O2/c21-12-5-10-16(18(23)11-12)20(27)25-14-8-6-13(7-9-14)24-19(26)15-3-1-2-4-17(15)22/h1-11H,(H,24,26)(H,25,27). The van der Waals surface area contributed by atoms with E-state index in [1.165, 1.54) is 6.07 Å². The Morgan fingerprint density at radius 1 is 0.630 bits per heavy atom. The molecular weight excluding hydrogens is 407 g/mol. The SMILES string of the molecule is O=C(Nc1ccc(NC(=O)c2ccc(Cl)cc2Cl)cc1)c1ccccc1Cl. The zero-order valence-electron chi connectivity index (χ0n) is 13.8. The first kappa shape index (κ1) is 19.2. The van der Waals surface area contributed by atoms with E-state index in [4.69, 9.17) is 34.8 Å². The van der Waals surface area contributed by atoms with Crippen LogP contribution in [0.4, 0.5) is 11.4 Å². The van der Waals surface area contributed by atoms with Crippen LogP contribution in [-0.4, -0.2) is 11.8 Å². The molecule has 0 aliphatic carbocycles. The van der Waals surface area contributed by atoms with Crippen LogP contribution >= 0.6 is 34.8 Å². The molecule has 136 valence electrons. The van der Waals surface area contributed by atoms with Gasteiger partial charge < -0.3 is 10.6 Å². The third-order valence-corrected chi connectivity index (χ3v) is 4.57. The summed E-state index contributed by atoms with van der Waals surface area (Å²) in [5, 5.41) is 6.59. The highest BCUT2D eigenvalue weighted by Gasteiger charge is 2.12. The summed E-state index contributed by atoms with van der Waals surface area (Å²) in [6.45, 7) is 0. The van der Waals surface area contributed by atoms with Gasteiger partial charge in [-0.1, -0.05) is 46.9 Å². The second-order valence-corrected chi connectivity index (χ2v) is 6.84. The average Bonchev–Trinajstić information content (AvgIpc) is 2.63. The third kappa shape index (κ3) is 4.80. The highest BCUT2D eigenvalue weighted by atomic mass is 35.5. The summed E-state index contributed by atoms with van der Waals surface area (Å²) >= 11 is 17.9. The van der Waals surface area contributed by atoms with Crippen molar-refractivity contribution in [1.29, 1.82) is 0 Å². The minimum absolute atomic E-state index is 0.267. The highest BCUT2D eigenvalue weighted by Crippen LogP contribution is 2.23. The fraction of sp³-hybridized carbons (Fsp3) is 0. The monoisotopic (exact) mass is 418 g/mol. The molecule has 4 nitrogen and oxygen atoms in total. The summed E-state index contributed by atoms with van der Waals surface area (Å²) in [5.41, 5.74) is 1.83. The molecule has 3 aromatic rings. The predicted molar refractivity (Wildman–Crippen MR) is 110 cm³/mol. The maximum absolute atomic E-state index is 12.3. The Bertz CT molecular complexity index is 1000. The smallest absolute Gasteiger partial charge is 0.257 e. The molecule has 0 atom stereocenters. The predicted octanol–water partition coefficient (Wildman–Crippen LogP) is 6.15. The van der Waals surface area contributed by atoms with Gasteiger partial charge in [0.2, 0.25) is 0 Å². The summed E-state index contributed by atoms with van der Waals surface area (Å²) in [6.07, 6.45) is 0. The summed E-state index contributed by atoms with van der Waals surface area (Å²) in [6, 6.07) is 18.1. The molecule has 0 saturated carbocycles. The Morgan fingerprint density at radius 2 is 1.15 bits per heavy atom. The van der Waals surface area contributed by atoms with Crippen LogP contribution in [-0.2, 0) is 0 Å². The number of benzene rings is 3. The molecule has 0 bridgehead atoms. The molecule has 27 heavy (non-hydrogen) atoms. The quantitative estimate of drug-likeness (QED) is 0.533. The number of amides is 2. The van der Waals surface area contributed by atoms with Gasteiger partial charge in [0.25, 0.3) is 11.8 Å². The first-order chi connectivity index (χ1) is 12.9. The van der Waals surface area contributed by atoms with Gasteiger partial charge in [0.05, 0.1) is 21.2 Å². The molecule has 0 heterocycles. The van der Waals surface area contributed by atoms with Crippen LogP contribution in [0.3, 0.4) is 0 Å². The molecule has 3 aromatic carbocycles. The van der Waals surface area contributed by atoms with Gasteiger partial charge in [-0.25, -0.2) is 0 Å². The van der Waals surface area contributed by atoms with E-state index in [0.29, 0.717) is 32.5 Å². The normalized spacial score (nSPS) is 10.3. The maximum atomic E-state index is 12.3. The van der Waals surface area contributed by atoms with E-state index < -0.39 is 0 Å². The number of carbonyl (C=O) groups excluding carboxylic acids is 2. The van der Waals surface area contributed by atoms with E-state index in [1.54, 1.807) is 60.7 Å². The largest absolute Gasteiger partial charge is 0.322 e. The number of anilines is 2. The topological polar surface area (TPSA) is 58.2 Å². The molecule has 0 radical (unpaired) electrons. The summed E-state index contributed by atoms with van der Waals surface area (Å²) in [5.74, 6) is -0.671. The Balaban J connectivity index is 1.67. The average molecular weight is 420 g/mol. The lowest BCUT2D eigenvalue weighted by Gasteiger charge is -2.09. The van der Waals surface area contributed by atoms with Crippen LogP contribution in [0.1, 0.15) is 20.7 Å². The molecule has 0 aliphatic rings. The molecule has 7 heteroatoms. The Kier molecular flexibility index (Phi) is 6.01. The third-order valence-electron chi connectivity index (χ3n) is 3.69. The molecule has 0 saturated heterocycles. The first-order valence-corrected chi connectivity index (χ1v) is 9.00. The van der Waals surface area contributed by atoms with Crippen molar-refractivity contribution in [3.8, 4) is 0 Å². The Labute approximate surface area is 171 Å². The molecule has 2 amide bonds. The summed E-state index contributed by atoms with van der Waals surface area (Å²) in [4.78, 5) is 24.6. The van der Waals surface area contributed by atoms with Crippen LogP contribution in [0.5, 0.6) is 0 Å². The van der Waals surface area contributed by atoms with Gasteiger partial charge in [-0.05, 0) is 54.6 Å². The lowest BCUT2D eigenvalue weighted by molar-refractivity contribution is 0.101. The highest BCUT2D eigenvalue weighted by molar-refractivity contribution is 6.37. The van der Waals surface area contributed by atoms with E-state index >= 15 is 0 Å². The molecule has 2 N–H and O–H groups in total.